The van der Waals surface area contributed by atoms with Crippen LogP contribution in [0.4, 0.5) is 5.69 Å². The molecule has 0 unspecified atom stereocenters. The molecule has 31 heavy (non-hydrogen) atoms. The number of para-hydroxylation sites is 1. The third-order valence-electron chi connectivity index (χ3n) is 4.52. The summed E-state index contributed by atoms with van der Waals surface area (Å²) in [6.07, 6.45) is 3.47. The molecule has 0 radical (unpaired) electrons. The number of nitrogens with zero attached hydrogens (tertiary/aromatic N) is 4. The zero-order valence-electron chi connectivity index (χ0n) is 16.5. The molecule has 0 spiro atoms. The second-order valence-electron chi connectivity index (χ2n) is 6.79. The molecule has 2 aromatic carbocycles. The summed E-state index contributed by atoms with van der Waals surface area (Å²) in [6, 6.07) is 19.7. The molecular formula is C23H17N5O3. The molecule has 0 aliphatic rings. The fraction of sp³-hybridized carbons (Fsp3) is 0.0435. The number of aromatic nitrogens is 4. The number of fused-ring (bicyclic) bond motifs is 1. The van der Waals surface area contributed by atoms with Gasteiger partial charge in [-0.2, -0.15) is 10.1 Å². The predicted molar refractivity (Wildman–Crippen MR) is 115 cm³/mol. The minimum Gasteiger partial charge on any atom is -0.451 e. The van der Waals surface area contributed by atoms with Crippen LogP contribution in [0.25, 0.3) is 16.8 Å². The van der Waals surface area contributed by atoms with E-state index in [1.165, 1.54) is 0 Å². The Labute approximate surface area is 177 Å². The van der Waals surface area contributed by atoms with Gasteiger partial charge in [0.25, 0.3) is 5.91 Å². The van der Waals surface area contributed by atoms with E-state index in [0.717, 1.165) is 5.39 Å². The second-order valence-corrected chi connectivity index (χ2v) is 6.79. The van der Waals surface area contributed by atoms with Gasteiger partial charge < -0.3 is 14.5 Å². The summed E-state index contributed by atoms with van der Waals surface area (Å²) >= 11 is 0. The van der Waals surface area contributed by atoms with Crippen LogP contribution in [0.3, 0.4) is 0 Å². The molecule has 1 amide bonds. The fourth-order valence-corrected chi connectivity index (χ4v) is 3.11. The van der Waals surface area contributed by atoms with Gasteiger partial charge in [-0.25, -0.2) is 9.67 Å². The molecule has 8 nitrogen and oxygen atoms in total. The maximum Gasteiger partial charge on any atom is 0.291 e. The number of amides is 1. The molecule has 0 fully saturated rings. The van der Waals surface area contributed by atoms with Crippen LogP contribution in [0.2, 0.25) is 0 Å². The van der Waals surface area contributed by atoms with Crippen molar-refractivity contribution in [3.05, 3.63) is 90.7 Å². The number of carbonyl (C=O) groups is 1. The molecule has 152 valence electrons. The number of hydrogen-bond donors (Lipinski definition) is 1. The Balaban J connectivity index is 1.29. The molecule has 0 aliphatic carbocycles. The lowest BCUT2D eigenvalue weighted by Gasteiger charge is -2.09. The number of rotatable bonds is 5. The van der Waals surface area contributed by atoms with Gasteiger partial charge in [0.15, 0.2) is 11.6 Å². The Morgan fingerprint density at radius 2 is 1.87 bits per heavy atom. The van der Waals surface area contributed by atoms with E-state index in [9.17, 15) is 4.79 Å². The van der Waals surface area contributed by atoms with Crippen molar-refractivity contribution in [3.63, 3.8) is 0 Å². The van der Waals surface area contributed by atoms with Crippen LogP contribution < -0.4 is 10.1 Å². The van der Waals surface area contributed by atoms with Crippen LogP contribution in [0.5, 0.6) is 11.6 Å². The Hall–Kier alpha value is -4.46. The zero-order valence-corrected chi connectivity index (χ0v) is 16.5. The maximum absolute atomic E-state index is 12.5. The summed E-state index contributed by atoms with van der Waals surface area (Å²) in [5, 5.41) is 7.88. The highest BCUT2D eigenvalue weighted by atomic mass is 16.5. The average molecular weight is 411 g/mol. The maximum atomic E-state index is 12.5. The highest BCUT2D eigenvalue weighted by Crippen LogP contribution is 2.24. The SMILES string of the molecule is Cc1nc(Oc2ccc(NC(=O)c3cc4ccccc4o3)cc2)cc(-n2cccn2)n1. The summed E-state index contributed by atoms with van der Waals surface area (Å²) in [5.41, 5.74) is 1.29. The van der Waals surface area contributed by atoms with Crippen molar-refractivity contribution in [3.8, 4) is 17.4 Å². The number of hydrogen-bond acceptors (Lipinski definition) is 6. The molecule has 0 aliphatic heterocycles. The first kappa shape index (κ1) is 18.6. The van der Waals surface area contributed by atoms with Gasteiger partial charge in [-0.3, -0.25) is 4.79 Å². The molecule has 0 saturated heterocycles. The van der Waals surface area contributed by atoms with Crippen molar-refractivity contribution in [1.29, 1.82) is 0 Å². The zero-order chi connectivity index (χ0) is 21.2. The van der Waals surface area contributed by atoms with Gasteiger partial charge >= 0.3 is 0 Å². The first-order chi connectivity index (χ1) is 15.1. The van der Waals surface area contributed by atoms with Gasteiger partial charge in [-0.1, -0.05) is 18.2 Å². The largest absolute Gasteiger partial charge is 0.451 e. The lowest BCUT2D eigenvalue weighted by molar-refractivity contribution is 0.0998. The van der Waals surface area contributed by atoms with Crippen LogP contribution in [0, 0.1) is 6.92 Å². The quantitative estimate of drug-likeness (QED) is 0.448. The lowest BCUT2D eigenvalue weighted by Crippen LogP contribution is -2.10. The molecule has 0 bridgehead atoms. The van der Waals surface area contributed by atoms with E-state index in [4.69, 9.17) is 9.15 Å². The number of carbonyl (C=O) groups excluding carboxylic acids is 1. The van der Waals surface area contributed by atoms with Gasteiger partial charge in [0.2, 0.25) is 5.88 Å². The van der Waals surface area contributed by atoms with Gasteiger partial charge in [0, 0.05) is 29.5 Å². The Kier molecular flexibility index (Phi) is 4.64. The number of furan rings is 1. The van der Waals surface area contributed by atoms with E-state index in [0.29, 0.717) is 34.5 Å². The standard InChI is InChI=1S/C23H17N5O3/c1-15-25-21(28-12-4-11-24-28)14-22(26-15)30-18-9-7-17(8-10-18)27-23(29)20-13-16-5-2-3-6-19(16)31-20/h2-14H,1H3,(H,27,29). The first-order valence-corrected chi connectivity index (χ1v) is 9.58. The van der Waals surface area contributed by atoms with Crippen molar-refractivity contribution < 1.29 is 13.9 Å². The first-order valence-electron chi connectivity index (χ1n) is 9.58. The van der Waals surface area contributed by atoms with Gasteiger partial charge in [0.1, 0.15) is 17.2 Å². The van der Waals surface area contributed by atoms with Gasteiger partial charge in [-0.15, -0.1) is 0 Å². The minimum absolute atomic E-state index is 0.254. The average Bonchev–Trinajstić information content (AvgIpc) is 3.45. The van der Waals surface area contributed by atoms with E-state index >= 15 is 0 Å². The van der Waals surface area contributed by atoms with E-state index in [2.05, 4.69) is 20.4 Å². The van der Waals surface area contributed by atoms with Crippen LogP contribution in [0.1, 0.15) is 16.4 Å². The minimum atomic E-state index is -0.319. The molecule has 3 aromatic heterocycles. The Bertz CT molecular complexity index is 1330. The summed E-state index contributed by atoms with van der Waals surface area (Å²) in [7, 11) is 0. The molecule has 8 heteroatoms. The van der Waals surface area contributed by atoms with Crippen LogP contribution in [-0.4, -0.2) is 25.7 Å². The van der Waals surface area contributed by atoms with Crippen LogP contribution in [-0.2, 0) is 0 Å². The number of nitrogens with one attached hydrogen (secondary N) is 1. The fourth-order valence-electron chi connectivity index (χ4n) is 3.11. The molecule has 0 atom stereocenters. The second kappa shape index (κ2) is 7.75. The van der Waals surface area contributed by atoms with E-state index in [1.807, 2.05) is 30.3 Å². The normalized spacial score (nSPS) is 10.9. The molecule has 3 heterocycles. The molecular weight excluding hydrogens is 394 g/mol. The monoisotopic (exact) mass is 411 g/mol. The summed E-state index contributed by atoms with van der Waals surface area (Å²) in [5.74, 6) is 2.09. The number of ether oxygens (including phenoxy) is 1. The molecule has 0 saturated carbocycles. The van der Waals surface area contributed by atoms with Crippen molar-refractivity contribution in [2.45, 2.75) is 6.92 Å². The smallest absolute Gasteiger partial charge is 0.291 e. The van der Waals surface area contributed by atoms with E-state index in [-0.39, 0.29) is 11.7 Å². The van der Waals surface area contributed by atoms with E-state index < -0.39 is 0 Å². The van der Waals surface area contributed by atoms with Gasteiger partial charge in [-0.05, 0) is 49.4 Å². The highest BCUT2D eigenvalue weighted by molar-refractivity contribution is 6.04. The number of anilines is 1. The Morgan fingerprint density at radius 1 is 1.03 bits per heavy atom. The van der Waals surface area contributed by atoms with Crippen molar-refractivity contribution in [1.82, 2.24) is 19.7 Å². The number of benzene rings is 2. The summed E-state index contributed by atoms with van der Waals surface area (Å²) in [4.78, 5) is 21.2. The lowest BCUT2D eigenvalue weighted by atomic mass is 10.2. The van der Waals surface area contributed by atoms with Crippen LogP contribution >= 0.6 is 0 Å². The topological polar surface area (TPSA) is 95.1 Å². The predicted octanol–water partition coefficient (Wildman–Crippen LogP) is 4.76. The molecule has 5 aromatic rings. The summed E-state index contributed by atoms with van der Waals surface area (Å²) < 4.78 is 13.1. The highest BCUT2D eigenvalue weighted by Gasteiger charge is 2.12. The molecule has 5 rings (SSSR count). The van der Waals surface area contributed by atoms with E-state index in [1.54, 1.807) is 60.4 Å². The van der Waals surface area contributed by atoms with Crippen molar-refractivity contribution in [2.75, 3.05) is 5.32 Å². The Morgan fingerprint density at radius 3 is 2.65 bits per heavy atom. The van der Waals surface area contributed by atoms with Crippen molar-refractivity contribution in [2.24, 2.45) is 0 Å². The third kappa shape index (κ3) is 3.99. The summed E-state index contributed by atoms with van der Waals surface area (Å²) in [6.45, 7) is 1.79. The van der Waals surface area contributed by atoms with Crippen molar-refractivity contribution >= 4 is 22.6 Å². The molecule has 1 N–H and O–H groups in total. The van der Waals surface area contributed by atoms with Gasteiger partial charge in [0.05, 0.1) is 0 Å². The van der Waals surface area contributed by atoms with Crippen LogP contribution in [0.15, 0.2) is 83.5 Å². The third-order valence-corrected chi connectivity index (χ3v) is 4.52. The number of aryl methyl sites for hydroxylation is 1.